The Hall–Kier alpha value is -2.33. The van der Waals surface area contributed by atoms with Gasteiger partial charge in [-0.15, -0.1) is 0 Å². The van der Waals surface area contributed by atoms with E-state index in [2.05, 4.69) is 10.3 Å². The van der Waals surface area contributed by atoms with Gasteiger partial charge >= 0.3 is 0 Å². The van der Waals surface area contributed by atoms with Gasteiger partial charge < -0.3 is 9.72 Å². The Kier molecular flexibility index (Phi) is 3.39. The normalized spacial score (nSPS) is 10.8. The highest BCUT2D eigenvalue weighted by atomic mass is 35.5. The summed E-state index contributed by atoms with van der Waals surface area (Å²) in [4.78, 5) is 16.8. The van der Waals surface area contributed by atoms with E-state index in [1.54, 1.807) is 6.07 Å². The van der Waals surface area contributed by atoms with Gasteiger partial charge in [0, 0.05) is 16.9 Å². The topological polar surface area (TPSA) is 46.4 Å². The predicted octanol–water partition coefficient (Wildman–Crippen LogP) is 3.86. The molecule has 0 spiro atoms. The van der Waals surface area contributed by atoms with Crippen molar-refractivity contribution in [3.63, 3.8) is 0 Å². The van der Waals surface area contributed by atoms with E-state index < -0.39 is 0 Å². The van der Waals surface area contributed by atoms with Gasteiger partial charge in [-0.05, 0) is 43.7 Å². The molecular formula is C16H14ClN3O. The highest BCUT2D eigenvalue weighted by Gasteiger charge is 2.16. The van der Waals surface area contributed by atoms with E-state index >= 15 is 0 Å². The number of anilines is 1. The van der Waals surface area contributed by atoms with Crippen LogP contribution in [0.25, 0.3) is 5.52 Å². The van der Waals surface area contributed by atoms with Gasteiger partial charge in [0.05, 0.1) is 5.52 Å². The van der Waals surface area contributed by atoms with Gasteiger partial charge in [-0.25, -0.2) is 4.98 Å². The van der Waals surface area contributed by atoms with Crippen molar-refractivity contribution in [3.05, 3.63) is 64.7 Å². The van der Waals surface area contributed by atoms with Crippen LogP contribution >= 0.6 is 11.6 Å². The van der Waals surface area contributed by atoms with Gasteiger partial charge in [0.15, 0.2) is 5.69 Å². The number of halogens is 1. The maximum Gasteiger partial charge on any atom is 0.276 e. The molecule has 0 saturated carbocycles. The quantitative estimate of drug-likeness (QED) is 0.781. The molecule has 0 unspecified atom stereocenters. The summed E-state index contributed by atoms with van der Waals surface area (Å²) in [7, 11) is 0. The van der Waals surface area contributed by atoms with Crippen molar-refractivity contribution in [1.29, 1.82) is 0 Å². The number of carbonyl (C=O) groups is 1. The van der Waals surface area contributed by atoms with Crippen molar-refractivity contribution >= 4 is 28.7 Å². The molecule has 5 heteroatoms. The summed E-state index contributed by atoms with van der Waals surface area (Å²) in [5.74, 6) is 0.538. The Morgan fingerprint density at radius 2 is 2.00 bits per heavy atom. The molecule has 1 amide bonds. The molecule has 0 aliphatic carbocycles. The van der Waals surface area contributed by atoms with Crippen LogP contribution in [0.1, 0.15) is 21.9 Å². The van der Waals surface area contributed by atoms with Crippen LogP contribution in [0, 0.1) is 13.8 Å². The van der Waals surface area contributed by atoms with Crippen molar-refractivity contribution in [3.8, 4) is 0 Å². The molecule has 4 nitrogen and oxygen atoms in total. The van der Waals surface area contributed by atoms with Crippen molar-refractivity contribution in [2.45, 2.75) is 13.8 Å². The third-order valence-electron chi connectivity index (χ3n) is 3.46. The summed E-state index contributed by atoms with van der Waals surface area (Å²) in [6, 6.07) is 11.1. The van der Waals surface area contributed by atoms with Crippen LogP contribution in [-0.4, -0.2) is 15.3 Å². The first kappa shape index (κ1) is 13.6. The number of imidazole rings is 1. The number of benzene rings is 1. The van der Waals surface area contributed by atoms with E-state index in [1.165, 1.54) is 0 Å². The van der Waals surface area contributed by atoms with Crippen molar-refractivity contribution in [2.75, 3.05) is 5.32 Å². The number of hydrogen-bond donors (Lipinski definition) is 1. The van der Waals surface area contributed by atoms with E-state index in [9.17, 15) is 4.79 Å². The Labute approximate surface area is 127 Å². The van der Waals surface area contributed by atoms with Crippen molar-refractivity contribution in [1.82, 2.24) is 9.38 Å². The Morgan fingerprint density at radius 1 is 1.19 bits per heavy atom. The Bertz CT molecular complexity index is 839. The van der Waals surface area contributed by atoms with Crippen LogP contribution < -0.4 is 5.32 Å². The molecule has 0 fully saturated rings. The van der Waals surface area contributed by atoms with Gasteiger partial charge in [0.25, 0.3) is 5.91 Å². The highest BCUT2D eigenvalue weighted by molar-refractivity contribution is 6.31. The van der Waals surface area contributed by atoms with Gasteiger partial charge in [-0.3, -0.25) is 4.79 Å². The molecule has 106 valence electrons. The highest BCUT2D eigenvalue weighted by Crippen LogP contribution is 2.24. The lowest BCUT2D eigenvalue weighted by Gasteiger charge is -2.08. The number of aromatic nitrogens is 2. The minimum Gasteiger partial charge on any atom is -0.320 e. The van der Waals surface area contributed by atoms with Crippen molar-refractivity contribution in [2.24, 2.45) is 0 Å². The fraction of sp³-hybridized carbons (Fsp3) is 0.125. The summed E-state index contributed by atoms with van der Waals surface area (Å²) >= 11 is 6.07. The molecule has 0 atom stereocenters. The van der Waals surface area contributed by atoms with Crippen LogP contribution in [0.4, 0.5) is 5.69 Å². The second kappa shape index (κ2) is 5.22. The number of amides is 1. The fourth-order valence-corrected chi connectivity index (χ4v) is 2.46. The number of nitrogens with one attached hydrogen (secondary N) is 1. The van der Waals surface area contributed by atoms with E-state index in [4.69, 9.17) is 11.6 Å². The lowest BCUT2D eigenvalue weighted by atomic mass is 10.2. The molecule has 0 aliphatic rings. The average Bonchev–Trinajstić information content (AvgIpc) is 2.82. The van der Waals surface area contributed by atoms with Crippen molar-refractivity contribution < 1.29 is 4.79 Å². The first-order valence-electron chi connectivity index (χ1n) is 6.58. The standard InChI is InChI=1S/C16H14ClN3O/c1-10-12(17)6-5-7-13(10)19-16(21)15-14-8-3-4-9-20(14)11(2)18-15/h3-9H,1-2H3,(H,19,21). The molecule has 1 aromatic carbocycles. The number of aryl methyl sites for hydroxylation is 1. The van der Waals surface area contributed by atoms with Crippen LogP contribution in [0.15, 0.2) is 42.6 Å². The fourth-order valence-electron chi connectivity index (χ4n) is 2.28. The Balaban J connectivity index is 2.00. The summed E-state index contributed by atoms with van der Waals surface area (Å²) in [6.45, 7) is 3.74. The lowest BCUT2D eigenvalue weighted by molar-refractivity contribution is 0.102. The average molecular weight is 300 g/mol. The summed E-state index contributed by atoms with van der Waals surface area (Å²) < 4.78 is 1.89. The minimum atomic E-state index is -0.239. The molecule has 0 aliphatic heterocycles. The van der Waals surface area contributed by atoms with Crippen LogP contribution in [-0.2, 0) is 0 Å². The van der Waals surface area contributed by atoms with E-state index in [1.807, 2.05) is 54.8 Å². The van der Waals surface area contributed by atoms with E-state index in [-0.39, 0.29) is 5.91 Å². The molecule has 1 N–H and O–H groups in total. The Morgan fingerprint density at radius 3 is 2.81 bits per heavy atom. The number of hydrogen-bond acceptors (Lipinski definition) is 2. The zero-order chi connectivity index (χ0) is 15.0. The first-order valence-corrected chi connectivity index (χ1v) is 6.96. The van der Waals surface area contributed by atoms with E-state index in [0.29, 0.717) is 16.4 Å². The largest absolute Gasteiger partial charge is 0.320 e. The van der Waals surface area contributed by atoms with Crippen LogP contribution in [0.5, 0.6) is 0 Å². The molecule has 2 aromatic heterocycles. The summed E-state index contributed by atoms with van der Waals surface area (Å²) in [6.07, 6.45) is 1.89. The molecule has 3 aromatic rings. The molecule has 0 radical (unpaired) electrons. The van der Waals surface area contributed by atoms with Gasteiger partial charge in [0.2, 0.25) is 0 Å². The lowest BCUT2D eigenvalue weighted by Crippen LogP contribution is -2.13. The number of rotatable bonds is 2. The molecule has 21 heavy (non-hydrogen) atoms. The third-order valence-corrected chi connectivity index (χ3v) is 3.87. The van der Waals surface area contributed by atoms with Gasteiger partial charge in [-0.1, -0.05) is 23.7 Å². The minimum absolute atomic E-state index is 0.239. The zero-order valence-corrected chi connectivity index (χ0v) is 12.5. The monoisotopic (exact) mass is 299 g/mol. The maximum absolute atomic E-state index is 12.5. The third kappa shape index (κ3) is 2.38. The number of pyridine rings is 1. The number of nitrogens with zero attached hydrogens (tertiary/aromatic N) is 2. The SMILES string of the molecule is Cc1c(Cl)cccc1NC(=O)c1nc(C)n2ccccc12. The van der Waals surface area contributed by atoms with Gasteiger partial charge in [-0.2, -0.15) is 0 Å². The van der Waals surface area contributed by atoms with E-state index in [0.717, 1.165) is 16.9 Å². The molecule has 2 heterocycles. The second-order valence-electron chi connectivity index (χ2n) is 4.83. The molecular weight excluding hydrogens is 286 g/mol. The molecule has 0 saturated heterocycles. The van der Waals surface area contributed by atoms with Gasteiger partial charge in [0.1, 0.15) is 5.82 Å². The van der Waals surface area contributed by atoms with Crippen LogP contribution in [0.3, 0.4) is 0 Å². The second-order valence-corrected chi connectivity index (χ2v) is 5.24. The smallest absolute Gasteiger partial charge is 0.276 e. The maximum atomic E-state index is 12.5. The zero-order valence-electron chi connectivity index (χ0n) is 11.7. The summed E-state index contributed by atoms with van der Waals surface area (Å²) in [5.41, 5.74) is 2.73. The number of fused-ring (bicyclic) bond motifs is 1. The number of carbonyl (C=O) groups excluding carboxylic acids is 1. The summed E-state index contributed by atoms with van der Waals surface area (Å²) in [5, 5.41) is 3.50. The molecule has 0 bridgehead atoms. The predicted molar refractivity (Wildman–Crippen MR) is 84.1 cm³/mol. The van der Waals surface area contributed by atoms with Crippen LogP contribution in [0.2, 0.25) is 5.02 Å². The molecule has 3 rings (SSSR count). The first-order chi connectivity index (χ1) is 10.1.